The third kappa shape index (κ3) is 10.3. The van der Waals surface area contributed by atoms with E-state index in [1.54, 1.807) is 0 Å². The van der Waals surface area contributed by atoms with E-state index >= 15 is 0 Å². The van der Waals surface area contributed by atoms with Gasteiger partial charge in [0.05, 0.1) is 11.9 Å². The summed E-state index contributed by atoms with van der Waals surface area (Å²) >= 11 is 0. The van der Waals surface area contributed by atoms with Gasteiger partial charge in [-0.25, -0.2) is 0 Å². The van der Waals surface area contributed by atoms with Gasteiger partial charge in [0.1, 0.15) is 0 Å². The fourth-order valence-electron chi connectivity index (χ4n) is 2.14. The normalized spacial score (nSPS) is 14.5. The first-order valence-corrected chi connectivity index (χ1v) is 7.02. The average molecular weight is 317 g/mol. The maximum atomic E-state index is 11.0. The van der Waals surface area contributed by atoms with Crippen molar-refractivity contribution in [1.82, 2.24) is 4.90 Å². The van der Waals surface area contributed by atoms with Gasteiger partial charge in [-0.1, -0.05) is 33.1 Å². The molecule has 21 heavy (non-hydrogen) atoms. The molecule has 0 aromatic heterocycles. The van der Waals surface area contributed by atoms with E-state index in [1.165, 1.54) is 18.7 Å². The molecular weight excluding hydrogens is 292 g/mol. The number of rotatable bonds is 10. The van der Waals surface area contributed by atoms with Gasteiger partial charge >= 0.3 is 59.1 Å². The van der Waals surface area contributed by atoms with E-state index in [0.717, 1.165) is 25.7 Å². The van der Waals surface area contributed by atoms with Crippen molar-refractivity contribution >= 4 is 11.9 Å². The Morgan fingerprint density at radius 2 is 1.43 bits per heavy atom. The topological polar surface area (TPSA) is 83.5 Å². The van der Waals surface area contributed by atoms with Crippen LogP contribution in [-0.2, 0) is 9.59 Å². The fraction of sp³-hybridized carbons (Fsp3) is 0.857. The zero-order valence-electron chi connectivity index (χ0n) is 14.3. The van der Waals surface area contributed by atoms with Gasteiger partial charge in [-0.3, -0.25) is 4.90 Å². The largest absolute Gasteiger partial charge is 1.00 e. The molecule has 5 nitrogen and oxygen atoms in total. The van der Waals surface area contributed by atoms with Crippen LogP contribution in [0.3, 0.4) is 0 Å². The molecular formula is C14H25NNa2O4. The van der Waals surface area contributed by atoms with Crippen LogP contribution in [0.1, 0.15) is 53.4 Å². The molecule has 3 unspecified atom stereocenters. The number of nitrogens with zero attached hydrogens (tertiary/aromatic N) is 1. The van der Waals surface area contributed by atoms with Crippen molar-refractivity contribution in [2.75, 3.05) is 6.54 Å². The molecule has 0 aromatic carbocycles. The van der Waals surface area contributed by atoms with Gasteiger partial charge in [0.25, 0.3) is 0 Å². The van der Waals surface area contributed by atoms with Crippen molar-refractivity contribution in [2.45, 2.75) is 65.5 Å². The van der Waals surface area contributed by atoms with E-state index < -0.39 is 24.0 Å². The molecule has 0 radical (unpaired) electrons. The van der Waals surface area contributed by atoms with Gasteiger partial charge in [0.15, 0.2) is 0 Å². The second-order valence-corrected chi connectivity index (χ2v) is 5.10. The summed E-state index contributed by atoms with van der Waals surface area (Å²) in [7, 11) is 0. The molecule has 0 saturated heterocycles. The van der Waals surface area contributed by atoms with Gasteiger partial charge < -0.3 is 19.8 Å². The average Bonchev–Trinajstić information content (AvgIpc) is 2.37. The SMILES string of the molecule is CCCCC(CC)CN(C(C)C(=O)[O-])C(C)C(=O)[O-].[Na+].[Na+]. The van der Waals surface area contributed by atoms with Crippen LogP contribution in [0.15, 0.2) is 0 Å². The van der Waals surface area contributed by atoms with E-state index in [9.17, 15) is 19.8 Å². The zero-order chi connectivity index (χ0) is 15.0. The quantitative estimate of drug-likeness (QED) is 0.374. The van der Waals surface area contributed by atoms with Crippen LogP contribution in [0.25, 0.3) is 0 Å². The number of carbonyl (C=O) groups excluding carboxylic acids is 2. The number of hydrogen-bond acceptors (Lipinski definition) is 5. The van der Waals surface area contributed by atoms with Crippen LogP contribution in [0.5, 0.6) is 0 Å². The van der Waals surface area contributed by atoms with Crippen molar-refractivity contribution in [3.8, 4) is 0 Å². The standard InChI is InChI=1S/C14H27NO4.2Na/c1-5-7-8-12(6-2)9-15(10(3)13(16)17)11(4)14(18)19;;/h10-12H,5-9H2,1-4H3,(H,16,17)(H,18,19);;/q;2*+1/p-2. The fourth-order valence-corrected chi connectivity index (χ4v) is 2.14. The third-order valence-electron chi connectivity index (χ3n) is 3.69. The smallest absolute Gasteiger partial charge is 0.548 e. The van der Waals surface area contributed by atoms with Crippen molar-refractivity contribution in [2.24, 2.45) is 5.92 Å². The first kappa shape index (κ1) is 26.8. The van der Waals surface area contributed by atoms with Gasteiger partial charge in [-0.05, 0) is 26.2 Å². The number of carboxylic acids is 2. The van der Waals surface area contributed by atoms with Crippen molar-refractivity contribution in [1.29, 1.82) is 0 Å². The van der Waals surface area contributed by atoms with Crippen LogP contribution in [0.2, 0.25) is 0 Å². The van der Waals surface area contributed by atoms with E-state index in [4.69, 9.17) is 0 Å². The van der Waals surface area contributed by atoms with Gasteiger partial charge in [0.2, 0.25) is 0 Å². The Labute approximate surface area is 172 Å². The summed E-state index contributed by atoms with van der Waals surface area (Å²) in [5.74, 6) is -2.21. The summed E-state index contributed by atoms with van der Waals surface area (Å²) in [6.45, 7) is 7.49. The Bertz CT molecular complexity index is 283. The molecule has 0 aliphatic heterocycles. The molecule has 7 heteroatoms. The van der Waals surface area contributed by atoms with Crippen LogP contribution in [0, 0.1) is 5.92 Å². The van der Waals surface area contributed by atoms with Gasteiger partial charge in [-0.15, -0.1) is 0 Å². The molecule has 0 N–H and O–H groups in total. The Morgan fingerprint density at radius 1 is 1.00 bits per heavy atom. The maximum absolute atomic E-state index is 11.0. The predicted molar refractivity (Wildman–Crippen MR) is 69.0 cm³/mol. The predicted octanol–water partition coefficient (Wildman–Crippen LogP) is -6.21. The van der Waals surface area contributed by atoms with Crippen LogP contribution in [0.4, 0.5) is 0 Å². The molecule has 0 amide bonds. The first-order chi connectivity index (χ1) is 8.84. The van der Waals surface area contributed by atoms with Crippen molar-refractivity contribution in [3.05, 3.63) is 0 Å². The molecule has 0 heterocycles. The molecule has 0 spiro atoms. The summed E-state index contributed by atoms with van der Waals surface area (Å²) in [5.41, 5.74) is 0. The number of unbranched alkanes of at least 4 members (excludes halogenated alkanes) is 1. The Balaban J connectivity index is -0.00000162. The molecule has 0 aliphatic carbocycles. The minimum Gasteiger partial charge on any atom is -0.548 e. The second kappa shape index (κ2) is 14.5. The summed E-state index contributed by atoms with van der Waals surface area (Å²) in [4.78, 5) is 23.4. The first-order valence-electron chi connectivity index (χ1n) is 7.02. The van der Waals surface area contributed by atoms with Crippen molar-refractivity contribution < 1.29 is 78.9 Å². The molecule has 112 valence electrons. The van der Waals surface area contributed by atoms with Gasteiger partial charge in [0, 0.05) is 18.6 Å². The molecule has 0 saturated carbocycles. The van der Waals surface area contributed by atoms with E-state index in [-0.39, 0.29) is 59.1 Å². The number of aliphatic carboxylic acids is 2. The molecule has 0 bridgehead atoms. The molecule has 0 aromatic rings. The Kier molecular flexibility index (Phi) is 18.5. The Morgan fingerprint density at radius 3 is 1.71 bits per heavy atom. The summed E-state index contributed by atoms with van der Waals surface area (Å²) in [6, 6.07) is -1.85. The minimum atomic E-state index is -1.25. The number of carboxylic acid groups (broad SMARTS) is 2. The summed E-state index contributed by atoms with van der Waals surface area (Å²) < 4.78 is 0. The second-order valence-electron chi connectivity index (χ2n) is 5.10. The Hall–Kier alpha value is 0.900. The van der Waals surface area contributed by atoms with E-state index in [1.807, 2.05) is 6.92 Å². The summed E-state index contributed by atoms with van der Waals surface area (Å²) in [5, 5.41) is 22.0. The van der Waals surface area contributed by atoms with E-state index in [0.29, 0.717) is 12.5 Å². The monoisotopic (exact) mass is 317 g/mol. The molecule has 0 rings (SSSR count). The minimum absolute atomic E-state index is 0. The van der Waals surface area contributed by atoms with Crippen LogP contribution >= 0.6 is 0 Å². The number of carbonyl (C=O) groups is 2. The number of hydrogen-bond donors (Lipinski definition) is 0. The van der Waals surface area contributed by atoms with Crippen molar-refractivity contribution in [3.63, 3.8) is 0 Å². The summed E-state index contributed by atoms with van der Waals surface area (Å²) in [6.07, 6.45) is 4.01. The zero-order valence-corrected chi connectivity index (χ0v) is 18.3. The molecule has 0 aliphatic rings. The molecule has 0 fully saturated rings. The van der Waals surface area contributed by atoms with Gasteiger partial charge in [-0.2, -0.15) is 0 Å². The van der Waals surface area contributed by atoms with Crippen LogP contribution < -0.4 is 69.3 Å². The maximum Gasteiger partial charge on any atom is 1.00 e. The van der Waals surface area contributed by atoms with Crippen LogP contribution in [-0.4, -0.2) is 35.5 Å². The molecule has 3 atom stereocenters. The third-order valence-corrected chi connectivity index (χ3v) is 3.69. The van der Waals surface area contributed by atoms with E-state index in [2.05, 4.69) is 6.92 Å².